The first-order chi connectivity index (χ1) is 9.08. The van der Waals surface area contributed by atoms with Gasteiger partial charge in [-0.25, -0.2) is 0 Å². The van der Waals surface area contributed by atoms with Crippen LogP contribution >= 0.6 is 23.4 Å². The van der Waals surface area contributed by atoms with Gasteiger partial charge in [0.15, 0.2) is 0 Å². The molecular formula is C14H19ClN2OS. The Kier molecular flexibility index (Phi) is 5.13. The number of carbonyl (C=O) groups excluding carboxylic acids is 1. The molecule has 1 aliphatic rings. The Morgan fingerprint density at radius 3 is 2.68 bits per heavy atom. The van der Waals surface area contributed by atoms with Gasteiger partial charge in [0.25, 0.3) is 0 Å². The molecular weight excluding hydrogens is 280 g/mol. The van der Waals surface area contributed by atoms with Crippen molar-refractivity contribution in [3.05, 3.63) is 34.9 Å². The lowest BCUT2D eigenvalue weighted by molar-refractivity contribution is -0.128. The minimum Gasteiger partial charge on any atom is -0.326 e. The van der Waals surface area contributed by atoms with Crippen LogP contribution in [0, 0.1) is 0 Å². The average molecular weight is 299 g/mol. The Labute approximate surface area is 123 Å². The van der Waals surface area contributed by atoms with E-state index in [1.54, 1.807) is 11.8 Å². The van der Waals surface area contributed by atoms with Crippen LogP contribution < -0.4 is 0 Å². The summed E-state index contributed by atoms with van der Waals surface area (Å²) in [7, 11) is 4.11. The summed E-state index contributed by atoms with van der Waals surface area (Å²) in [6.07, 6.45) is 1.00. The first kappa shape index (κ1) is 14.7. The van der Waals surface area contributed by atoms with Gasteiger partial charge in [-0.2, -0.15) is 0 Å². The summed E-state index contributed by atoms with van der Waals surface area (Å²) in [5.74, 6) is 0.818. The molecule has 0 N–H and O–H groups in total. The van der Waals surface area contributed by atoms with Crippen LogP contribution in [0.1, 0.15) is 17.4 Å². The van der Waals surface area contributed by atoms with Gasteiger partial charge in [-0.05, 0) is 44.8 Å². The van der Waals surface area contributed by atoms with Crippen molar-refractivity contribution in [2.45, 2.75) is 11.8 Å². The number of rotatable bonds is 5. The minimum atomic E-state index is 0.145. The maximum absolute atomic E-state index is 12.0. The molecule has 1 aliphatic heterocycles. The van der Waals surface area contributed by atoms with Gasteiger partial charge < -0.3 is 9.80 Å². The lowest BCUT2D eigenvalue weighted by Gasteiger charge is -2.25. The predicted octanol–water partition coefficient (Wildman–Crippen LogP) is 2.87. The molecule has 1 amide bonds. The Balaban J connectivity index is 2.02. The number of thioether (sulfide) groups is 1. The van der Waals surface area contributed by atoms with Crippen LogP contribution in [0.2, 0.25) is 5.02 Å². The van der Waals surface area contributed by atoms with Crippen LogP contribution in [-0.2, 0) is 4.79 Å². The van der Waals surface area contributed by atoms with Crippen LogP contribution in [0.5, 0.6) is 0 Å². The minimum absolute atomic E-state index is 0.145. The number of benzene rings is 1. The van der Waals surface area contributed by atoms with Crippen molar-refractivity contribution in [2.75, 3.05) is 32.9 Å². The van der Waals surface area contributed by atoms with Gasteiger partial charge in [-0.3, -0.25) is 4.79 Å². The fourth-order valence-electron chi connectivity index (χ4n) is 2.16. The Morgan fingerprint density at radius 2 is 2.05 bits per heavy atom. The van der Waals surface area contributed by atoms with E-state index in [9.17, 15) is 4.79 Å². The van der Waals surface area contributed by atoms with E-state index in [4.69, 9.17) is 11.6 Å². The van der Waals surface area contributed by atoms with E-state index < -0.39 is 0 Å². The predicted molar refractivity (Wildman–Crippen MR) is 81.5 cm³/mol. The molecule has 1 aromatic rings. The zero-order chi connectivity index (χ0) is 13.8. The maximum Gasteiger partial charge on any atom is 0.233 e. The molecule has 0 unspecified atom stereocenters. The topological polar surface area (TPSA) is 23.6 Å². The third kappa shape index (κ3) is 3.88. The Bertz CT molecular complexity index is 436. The van der Waals surface area contributed by atoms with Crippen molar-refractivity contribution in [2.24, 2.45) is 0 Å². The smallest absolute Gasteiger partial charge is 0.233 e. The van der Waals surface area contributed by atoms with Crippen LogP contribution in [0.3, 0.4) is 0 Å². The fraction of sp³-hybridized carbons (Fsp3) is 0.500. The lowest BCUT2D eigenvalue weighted by atomic mass is 10.2. The standard InChI is InChI=1S/C14H19ClN2OS/c1-16(2)8-3-9-17-13(18)10-19-14(17)11-4-6-12(15)7-5-11/h4-7,14H,3,8-10H2,1-2H3/t14-/m0/s1. The van der Waals surface area contributed by atoms with Gasteiger partial charge in [0.05, 0.1) is 5.75 Å². The zero-order valence-corrected chi connectivity index (χ0v) is 12.9. The van der Waals surface area contributed by atoms with E-state index in [1.807, 2.05) is 29.2 Å². The summed E-state index contributed by atoms with van der Waals surface area (Å²) in [5.41, 5.74) is 1.16. The highest BCUT2D eigenvalue weighted by atomic mass is 35.5. The van der Waals surface area contributed by atoms with E-state index in [2.05, 4.69) is 19.0 Å². The van der Waals surface area contributed by atoms with E-state index in [0.29, 0.717) is 5.75 Å². The van der Waals surface area contributed by atoms with Crippen LogP contribution in [0.15, 0.2) is 24.3 Å². The van der Waals surface area contributed by atoms with E-state index >= 15 is 0 Å². The molecule has 0 radical (unpaired) electrons. The molecule has 19 heavy (non-hydrogen) atoms. The Hall–Kier alpha value is -0.710. The van der Waals surface area contributed by atoms with Crippen molar-refractivity contribution in [3.8, 4) is 0 Å². The molecule has 3 nitrogen and oxygen atoms in total. The van der Waals surface area contributed by atoms with Crippen molar-refractivity contribution in [1.29, 1.82) is 0 Å². The average Bonchev–Trinajstić information content (AvgIpc) is 2.72. The largest absolute Gasteiger partial charge is 0.326 e. The number of hydrogen-bond acceptors (Lipinski definition) is 3. The van der Waals surface area contributed by atoms with E-state index in [1.165, 1.54) is 0 Å². The SMILES string of the molecule is CN(C)CCCN1C(=O)CS[C@H]1c1ccc(Cl)cc1. The number of carbonyl (C=O) groups is 1. The summed E-state index contributed by atoms with van der Waals surface area (Å²) in [5, 5.41) is 0.879. The zero-order valence-electron chi connectivity index (χ0n) is 11.3. The second kappa shape index (κ2) is 6.64. The summed E-state index contributed by atoms with van der Waals surface area (Å²) in [4.78, 5) is 16.1. The molecule has 1 aromatic carbocycles. The number of halogens is 1. The molecule has 104 valence electrons. The van der Waals surface area contributed by atoms with Gasteiger partial charge in [0, 0.05) is 11.6 Å². The number of hydrogen-bond donors (Lipinski definition) is 0. The third-order valence-corrected chi connectivity index (χ3v) is 4.64. The van der Waals surface area contributed by atoms with Gasteiger partial charge in [0.2, 0.25) is 5.91 Å². The summed E-state index contributed by atoms with van der Waals surface area (Å²) >= 11 is 7.61. The molecule has 1 fully saturated rings. The Morgan fingerprint density at radius 1 is 1.37 bits per heavy atom. The highest BCUT2D eigenvalue weighted by Crippen LogP contribution is 2.38. The molecule has 0 bridgehead atoms. The van der Waals surface area contributed by atoms with Crippen molar-refractivity contribution in [3.63, 3.8) is 0 Å². The molecule has 1 heterocycles. The molecule has 1 atom stereocenters. The summed E-state index contributed by atoms with van der Waals surface area (Å²) in [6.45, 7) is 1.82. The highest BCUT2D eigenvalue weighted by Gasteiger charge is 2.32. The number of nitrogens with zero attached hydrogens (tertiary/aromatic N) is 2. The molecule has 1 saturated heterocycles. The second-order valence-electron chi connectivity index (χ2n) is 4.96. The van der Waals surface area contributed by atoms with Crippen LogP contribution in [0.4, 0.5) is 0 Å². The van der Waals surface area contributed by atoms with Gasteiger partial charge >= 0.3 is 0 Å². The normalized spacial score (nSPS) is 19.5. The first-order valence-corrected chi connectivity index (χ1v) is 7.82. The molecule has 0 aliphatic carbocycles. The summed E-state index contributed by atoms with van der Waals surface area (Å²) < 4.78 is 0. The molecule has 0 saturated carbocycles. The fourth-order valence-corrected chi connectivity index (χ4v) is 3.50. The number of amides is 1. The molecule has 0 spiro atoms. The molecule has 0 aromatic heterocycles. The highest BCUT2D eigenvalue weighted by molar-refractivity contribution is 8.00. The van der Waals surface area contributed by atoms with Crippen molar-refractivity contribution in [1.82, 2.24) is 9.80 Å². The van der Waals surface area contributed by atoms with Gasteiger partial charge in [0.1, 0.15) is 5.37 Å². The maximum atomic E-state index is 12.0. The summed E-state index contributed by atoms with van der Waals surface area (Å²) in [6, 6.07) is 7.80. The van der Waals surface area contributed by atoms with E-state index in [0.717, 1.165) is 30.1 Å². The van der Waals surface area contributed by atoms with Crippen LogP contribution in [0.25, 0.3) is 0 Å². The second-order valence-corrected chi connectivity index (χ2v) is 6.46. The lowest BCUT2D eigenvalue weighted by Crippen LogP contribution is -2.31. The van der Waals surface area contributed by atoms with Crippen LogP contribution in [-0.4, -0.2) is 48.6 Å². The van der Waals surface area contributed by atoms with Crippen molar-refractivity contribution >= 4 is 29.3 Å². The monoisotopic (exact) mass is 298 g/mol. The van der Waals surface area contributed by atoms with Gasteiger partial charge in [-0.15, -0.1) is 11.8 Å². The molecule has 5 heteroatoms. The quantitative estimate of drug-likeness (QED) is 0.835. The van der Waals surface area contributed by atoms with Crippen molar-refractivity contribution < 1.29 is 4.79 Å². The van der Waals surface area contributed by atoms with Gasteiger partial charge in [-0.1, -0.05) is 23.7 Å². The first-order valence-electron chi connectivity index (χ1n) is 6.39. The third-order valence-electron chi connectivity index (χ3n) is 3.13. The molecule has 2 rings (SSSR count). The van der Waals surface area contributed by atoms with E-state index in [-0.39, 0.29) is 11.3 Å².